The fourth-order valence-corrected chi connectivity index (χ4v) is 6.41. The maximum atomic E-state index is 11.3. The Bertz CT molecular complexity index is 1550. The second kappa shape index (κ2) is 14.4. The number of hydrogen-bond acceptors (Lipinski definition) is 10. The molecule has 0 bridgehead atoms. The van der Waals surface area contributed by atoms with Gasteiger partial charge in [-0.25, -0.2) is 0 Å². The van der Waals surface area contributed by atoms with E-state index >= 15 is 0 Å². The zero-order valence-corrected chi connectivity index (χ0v) is 25.5. The van der Waals surface area contributed by atoms with E-state index in [-0.39, 0.29) is 21.2 Å². The van der Waals surface area contributed by atoms with Gasteiger partial charge in [0.15, 0.2) is 0 Å². The highest BCUT2D eigenvalue weighted by Gasteiger charge is 2.27. The molecule has 0 radical (unpaired) electrons. The predicted molar refractivity (Wildman–Crippen MR) is 176 cm³/mol. The van der Waals surface area contributed by atoms with Gasteiger partial charge >= 0.3 is 0 Å². The van der Waals surface area contributed by atoms with Crippen molar-refractivity contribution in [1.82, 2.24) is 9.80 Å². The van der Waals surface area contributed by atoms with Crippen LogP contribution in [0.15, 0.2) is 92.4 Å². The molecule has 12 nitrogen and oxygen atoms in total. The van der Waals surface area contributed by atoms with Crippen LogP contribution in [0.25, 0.3) is 12.2 Å². The SMILES string of the molecule is O=[N+]([O-])c1cccc(/C=C2/CCC(/C=N/N=C/C3=C(N4CCOCC4)C(=C/c4cccc([N+](=O)[O-])c4)/CC3)=C2N2CCOCC2)c1. The maximum absolute atomic E-state index is 11.3. The van der Waals surface area contributed by atoms with Crippen molar-refractivity contribution in [3.05, 3.63) is 114 Å². The molecule has 0 amide bonds. The fraction of sp³-hybridized carbons (Fsp3) is 0.353. The molecule has 0 saturated carbocycles. The second-order valence-corrected chi connectivity index (χ2v) is 11.5. The van der Waals surface area contributed by atoms with E-state index in [4.69, 9.17) is 9.47 Å². The summed E-state index contributed by atoms with van der Waals surface area (Å²) < 4.78 is 11.2. The van der Waals surface area contributed by atoms with E-state index in [1.807, 2.05) is 36.7 Å². The molecule has 2 fully saturated rings. The molecule has 238 valence electrons. The molecule has 2 aromatic carbocycles. The Labute approximate surface area is 267 Å². The summed E-state index contributed by atoms with van der Waals surface area (Å²) in [5.41, 5.74) is 8.34. The van der Waals surface area contributed by atoms with Gasteiger partial charge in [-0.05, 0) is 71.3 Å². The minimum absolute atomic E-state index is 0.0705. The number of benzene rings is 2. The predicted octanol–water partition coefficient (Wildman–Crippen LogP) is 5.79. The summed E-state index contributed by atoms with van der Waals surface area (Å²) in [6.07, 6.45) is 10.9. The Morgan fingerprint density at radius 3 is 1.43 bits per heavy atom. The first-order chi connectivity index (χ1) is 22.5. The van der Waals surface area contributed by atoms with Gasteiger partial charge in [0.25, 0.3) is 11.4 Å². The molecule has 2 heterocycles. The van der Waals surface area contributed by atoms with Gasteiger partial charge in [-0.2, -0.15) is 10.2 Å². The largest absolute Gasteiger partial charge is 0.378 e. The van der Waals surface area contributed by atoms with E-state index in [2.05, 4.69) is 20.0 Å². The van der Waals surface area contributed by atoms with Gasteiger partial charge in [-0.1, -0.05) is 24.3 Å². The third-order valence-corrected chi connectivity index (χ3v) is 8.54. The highest BCUT2D eigenvalue weighted by Crippen LogP contribution is 2.37. The number of ether oxygens (including phenoxy) is 2. The molecule has 2 saturated heterocycles. The lowest BCUT2D eigenvalue weighted by molar-refractivity contribution is -0.385. The molecule has 2 aliphatic carbocycles. The lowest BCUT2D eigenvalue weighted by Crippen LogP contribution is -2.36. The van der Waals surface area contributed by atoms with Gasteiger partial charge in [0.05, 0.1) is 48.7 Å². The Kier molecular flexibility index (Phi) is 9.75. The summed E-state index contributed by atoms with van der Waals surface area (Å²) in [7, 11) is 0. The molecule has 2 aromatic rings. The van der Waals surface area contributed by atoms with E-state index in [1.54, 1.807) is 24.3 Å². The Balaban J connectivity index is 1.28. The van der Waals surface area contributed by atoms with Crippen molar-refractivity contribution in [2.45, 2.75) is 25.7 Å². The molecule has 0 unspecified atom stereocenters. The molecule has 0 atom stereocenters. The molecular formula is C34H36N6O6. The zero-order chi connectivity index (χ0) is 31.9. The van der Waals surface area contributed by atoms with E-state index in [9.17, 15) is 20.2 Å². The van der Waals surface area contributed by atoms with E-state index in [1.165, 1.54) is 12.1 Å². The normalized spacial score (nSPS) is 21.1. The number of nitro benzene ring substituents is 2. The standard InChI is InChI=1S/C34H36N6O6/c41-39(42)31-5-1-3-25(21-31)19-27-7-9-29(33(27)37-11-15-45-16-12-37)23-35-36-24-30-10-8-28(34(30)38-13-17-46-18-14-38)20-26-4-2-6-32(22-26)40(43)44/h1-6,19-24H,7-18H2/b27-19-,28-20+,35-23+,36-24+. The van der Waals surface area contributed by atoms with Crippen LogP contribution in [0, 0.1) is 20.2 Å². The number of hydrogen-bond donors (Lipinski definition) is 0. The first-order valence-electron chi connectivity index (χ1n) is 15.5. The summed E-state index contributed by atoms with van der Waals surface area (Å²) in [4.78, 5) is 26.5. The van der Waals surface area contributed by atoms with Gasteiger partial charge in [-0.3, -0.25) is 20.2 Å². The number of allylic oxidation sites excluding steroid dienone is 4. The molecular weight excluding hydrogens is 588 g/mol. The maximum Gasteiger partial charge on any atom is 0.270 e. The second-order valence-electron chi connectivity index (χ2n) is 11.5. The highest BCUT2D eigenvalue weighted by atomic mass is 16.6. The summed E-state index contributed by atoms with van der Waals surface area (Å²) >= 11 is 0. The minimum Gasteiger partial charge on any atom is -0.378 e. The molecule has 0 N–H and O–H groups in total. The van der Waals surface area contributed by atoms with Crippen LogP contribution in [0.2, 0.25) is 0 Å². The van der Waals surface area contributed by atoms with Crippen LogP contribution in [0.4, 0.5) is 11.4 Å². The number of morpholine rings is 2. The average molecular weight is 625 g/mol. The van der Waals surface area contributed by atoms with Gasteiger partial charge in [-0.15, -0.1) is 0 Å². The van der Waals surface area contributed by atoms with E-state index in [0.717, 1.165) is 96.7 Å². The van der Waals surface area contributed by atoms with Crippen LogP contribution in [-0.4, -0.2) is 84.7 Å². The van der Waals surface area contributed by atoms with Crippen LogP contribution in [0.5, 0.6) is 0 Å². The van der Waals surface area contributed by atoms with Gasteiger partial charge in [0.1, 0.15) is 0 Å². The molecule has 46 heavy (non-hydrogen) atoms. The first-order valence-corrected chi connectivity index (χ1v) is 15.5. The molecule has 0 aromatic heterocycles. The summed E-state index contributed by atoms with van der Waals surface area (Å²) in [5, 5.41) is 31.7. The van der Waals surface area contributed by atoms with Crippen molar-refractivity contribution < 1.29 is 19.3 Å². The fourth-order valence-electron chi connectivity index (χ4n) is 6.41. The van der Waals surface area contributed by atoms with Crippen LogP contribution in [0.3, 0.4) is 0 Å². The quantitative estimate of drug-likeness (QED) is 0.194. The summed E-state index contributed by atoms with van der Waals surface area (Å²) in [6.45, 7) is 5.61. The Morgan fingerprint density at radius 2 is 1.04 bits per heavy atom. The molecule has 2 aliphatic heterocycles. The van der Waals surface area contributed by atoms with E-state index in [0.29, 0.717) is 26.4 Å². The lowest BCUT2D eigenvalue weighted by atomic mass is 10.1. The zero-order valence-electron chi connectivity index (χ0n) is 25.5. The van der Waals surface area contributed by atoms with Crippen molar-refractivity contribution in [3.8, 4) is 0 Å². The summed E-state index contributed by atoms with van der Waals surface area (Å²) in [6, 6.07) is 13.4. The first kappa shape index (κ1) is 31.1. The molecule has 12 heteroatoms. The van der Waals surface area contributed by atoms with Crippen molar-refractivity contribution in [1.29, 1.82) is 0 Å². The van der Waals surface area contributed by atoms with Crippen molar-refractivity contribution in [2.75, 3.05) is 52.6 Å². The number of nitro groups is 2. The lowest BCUT2D eigenvalue weighted by Gasteiger charge is -2.31. The highest BCUT2D eigenvalue weighted by molar-refractivity contribution is 5.86. The minimum atomic E-state index is -0.373. The van der Waals surface area contributed by atoms with Gasteiger partial charge < -0.3 is 19.3 Å². The summed E-state index contributed by atoms with van der Waals surface area (Å²) in [5.74, 6) is 0. The monoisotopic (exact) mass is 624 g/mol. The van der Waals surface area contributed by atoms with Crippen molar-refractivity contribution in [3.63, 3.8) is 0 Å². The molecule has 0 spiro atoms. The Morgan fingerprint density at radius 1 is 0.630 bits per heavy atom. The molecule has 4 aliphatic rings. The van der Waals surface area contributed by atoms with Crippen LogP contribution in [-0.2, 0) is 9.47 Å². The van der Waals surface area contributed by atoms with Gasteiger partial charge in [0.2, 0.25) is 0 Å². The topological polar surface area (TPSA) is 136 Å². The van der Waals surface area contributed by atoms with Crippen molar-refractivity contribution in [2.24, 2.45) is 10.2 Å². The number of nitrogens with zero attached hydrogens (tertiary/aromatic N) is 6. The smallest absolute Gasteiger partial charge is 0.270 e. The average Bonchev–Trinajstić information content (AvgIpc) is 3.67. The van der Waals surface area contributed by atoms with Gasteiger partial charge in [0, 0.05) is 61.8 Å². The number of rotatable bonds is 9. The molecule has 6 rings (SSSR count). The van der Waals surface area contributed by atoms with E-state index < -0.39 is 0 Å². The third kappa shape index (κ3) is 7.30. The third-order valence-electron chi connectivity index (χ3n) is 8.54. The Hall–Kier alpha value is -4.94. The van der Waals surface area contributed by atoms with Crippen LogP contribution in [0.1, 0.15) is 36.8 Å². The van der Waals surface area contributed by atoms with Crippen molar-refractivity contribution >= 4 is 36.0 Å². The van der Waals surface area contributed by atoms with Crippen LogP contribution < -0.4 is 0 Å². The van der Waals surface area contributed by atoms with Crippen LogP contribution >= 0.6 is 0 Å². The number of non-ortho nitro benzene ring substituents is 2.